The molecule has 1 heterocycles. The van der Waals surface area contributed by atoms with Gasteiger partial charge in [0.1, 0.15) is 0 Å². The molecule has 0 saturated carbocycles. The summed E-state index contributed by atoms with van der Waals surface area (Å²) in [6, 6.07) is 21.3. The fourth-order valence-corrected chi connectivity index (χ4v) is 2.70. The molecule has 1 unspecified atom stereocenters. The molecule has 2 aromatic carbocycles. The van der Waals surface area contributed by atoms with Crippen molar-refractivity contribution in [1.82, 2.24) is 10.3 Å². The summed E-state index contributed by atoms with van der Waals surface area (Å²) in [4.78, 5) is 4.60. The summed E-state index contributed by atoms with van der Waals surface area (Å²) in [5.74, 6) is 0. The van der Waals surface area contributed by atoms with Crippen LogP contribution in [0.25, 0.3) is 10.9 Å². The van der Waals surface area contributed by atoms with E-state index < -0.39 is 0 Å². The number of para-hydroxylation sites is 1. The number of rotatable bonds is 5. The van der Waals surface area contributed by atoms with Gasteiger partial charge < -0.3 is 5.32 Å². The lowest BCUT2D eigenvalue weighted by atomic mass is 9.96. The van der Waals surface area contributed by atoms with Crippen LogP contribution in [0, 0.1) is 0 Å². The van der Waals surface area contributed by atoms with Gasteiger partial charge in [0.2, 0.25) is 0 Å². The number of pyridine rings is 1. The maximum atomic E-state index is 4.60. The van der Waals surface area contributed by atoms with Gasteiger partial charge in [-0.25, -0.2) is 0 Å². The molecule has 3 rings (SSSR count). The molecule has 1 aromatic heterocycles. The van der Waals surface area contributed by atoms with Crippen molar-refractivity contribution in [3.8, 4) is 0 Å². The normalized spacial score (nSPS) is 12.4. The van der Waals surface area contributed by atoms with Crippen molar-refractivity contribution in [2.24, 2.45) is 0 Å². The van der Waals surface area contributed by atoms with Gasteiger partial charge in [0.05, 0.1) is 11.6 Å². The van der Waals surface area contributed by atoms with Gasteiger partial charge in [-0.1, -0.05) is 61.5 Å². The highest BCUT2D eigenvalue weighted by molar-refractivity contribution is 5.82. The zero-order chi connectivity index (χ0) is 14.5. The molecular formula is C19H20N2. The zero-order valence-electron chi connectivity index (χ0n) is 12.3. The Kier molecular flexibility index (Phi) is 4.27. The van der Waals surface area contributed by atoms with E-state index in [1.165, 1.54) is 16.5 Å². The molecule has 1 atom stereocenters. The molecule has 2 heteroatoms. The minimum Gasteiger partial charge on any atom is -0.306 e. The quantitative estimate of drug-likeness (QED) is 0.750. The number of nitrogens with zero attached hydrogens (tertiary/aromatic N) is 1. The average Bonchev–Trinajstić information content (AvgIpc) is 2.56. The van der Waals surface area contributed by atoms with E-state index in [0.717, 1.165) is 18.5 Å². The van der Waals surface area contributed by atoms with Crippen molar-refractivity contribution < 1.29 is 0 Å². The van der Waals surface area contributed by atoms with Crippen molar-refractivity contribution in [3.05, 3.63) is 78.0 Å². The third-order valence-corrected chi connectivity index (χ3v) is 3.71. The number of benzene rings is 2. The number of aromatic nitrogens is 1. The van der Waals surface area contributed by atoms with Gasteiger partial charge in [-0.05, 0) is 30.2 Å². The van der Waals surface area contributed by atoms with E-state index in [0.29, 0.717) is 0 Å². The summed E-state index contributed by atoms with van der Waals surface area (Å²) < 4.78 is 0. The third kappa shape index (κ3) is 2.96. The Morgan fingerprint density at radius 3 is 2.57 bits per heavy atom. The first-order valence-electron chi connectivity index (χ1n) is 7.52. The smallest absolute Gasteiger partial charge is 0.0753 e. The van der Waals surface area contributed by atoms with Gasteiger partial charge in [0, 0.05) is 11.6 Å². The largest absolute Gasteiger partial charge is 0.306 e. The van der Waals surface area contributed by atoms with E-state index in [2.05, 4.69) is 71.8 Å². The first-order valence-corrected chi connectivity index (χ1v) is 7.52. The number of fused-ring (bicyclic) bond motifs is 1. The van der Waals surface area contributed by atoms with Crippen LogP contribution >= 0.6 is 0 Å². The minimum atomic E-state index is 0.185. The van der Waals surface area contributed by atoms with E-state index in [4.69, 9.17) is 0 Å². The highest BCUT2D eigenvalue weighted by atomic mass is 14.9. The molecule has 0 amide bonds. The van der Waals surface area contributed by atoms with Crippen LogP contribution in [0.3, 0.4) is 0 Å². The van der Waals surface area contributed by atoms with Crippen molar-refractivity contribution in [2.45, 2.75) is 19.4 Å². The average molecular weight is 276 g/mol. The summed E-state index contributed by atoms with van der Waals surface area (Å²) in [7, 11) is 0. The van der Waals surface area contributed by atoms with Crippen molar-refractivity contribution in [3.63, 3.8) is 0 Å². The molecule has 0 spiro atoms. The van der Waals surface area contributed by atoms with Gasteiger partial charge in [-0.15, -0.1) is 0 Å². The maximum Gasteiger partial charge on any atom is 0.0753 e. The first kappa shape index (κ1) is 13.8. The maximum absolute atomic E-state index is 4.60. The topological polar surface area (TPSA) is 24.9 Å². The van der Waals surface area contributed by atoms with Crippen LogP contribution in [0.5, 0.6) is 0 Å². The van der Waals surface area contributed by atoms with Gasteiger partial charge in [0.15, 0.2) is 0 Å². The van der Waals surface area contributed by atoms with E-state index in [1.807, 2.05) is 12.3 Å². The van der Waals surface area contributed by atoms with E-state index in [-0.39, 0.29) is 6.04 Å². The molecule has 0 aliphatic carbocycles. The Hall–Kier alpha value is -2.19. The second kappa shape index (κ2) is 6.51. The highest BCUT2D eigenvalue weighted by Gasteiger charge is 2.16. The van der Waals surface area contributed by atoms with Gasteiger partial charge >= 0.3 is 0 Å². The van der Waals surface area contributed by atoms with Gasteiger partial charge in [0.25, 0.3) is 0 Å². The summed E-state index contributed by atoms with van der Waals surface area (Å²) in [6.45, 7) is 3.18. The predicted molar refractivity (Wildman–Crippen MR) is 88.3 cm³/mol. The van der Waals surface area contributed by atoms with Crippen molar-refractivity contribution >= 4 is 10.9 Å². The molecule has 0 bridgehead atoms. The standard InChI is InChI=1S/C19H20N2/c1-2-13-20-18(15-8-4-3-5-9-15)17-12-6-10-16-11-7-14-21-19(16)17/h3-12,14,18,20H,2,13H2,1H3. The monoisotopic (exact) mass is 276 g/mol. The lowest BCUT2D eigenvalue weighted by Gasteiger charge is -2.20. The van der Waals surface area contributed by atoms with Crippen LogP contribution in [0.4, 0.5) is 0 Å². The zero-order valence-corrected chi connectivity index (χ0v) is 12.3. The minimum absolute atomic E-state index is 0.185. The Labute approximate surface area is 125 Å². The fourth-order valence-electron chi connectivity index (χ4n) is 2.70. The van der Waals surface area contributed by atoms with E-state index in [9.17, 15) is 0 Å². The third-order valence-electron chi connectivity index (χ3n) is 3.71. The van der Waals surface area contributed by atoms with E-state index in [1.54, 1.807) is 0 Å². The first-order chi connectivity index (χ1) is 10.4. The van der Waals surface area contributed by atoms with E-state index >= 15 is 0 Å². The Bertz CT molecular complexity index is 702. The van der Waals surface area contributed by atoms with Crippen LogP contribution in [-0.4, -0.2) is 11.5 Å². The molecule has 0 fully saturated rings. The SMILES string of the molecule is CCCNC(c1ccccc1)c1cccc2cccnc12. The molecule has 21 heavy (non-hydrogen) atoms. The lowest BCUT2D eigenvalue weighted by Crippen LogP contribution is -2.23. The Morgan fingerprint density at radius 2 is 1.76 bits per heavy atom. The number of hydrogen-bond acceptors (Lipinski definition) is 2. The molecule has 0 saturated heterocycles. The van der Waals surface area contributed by atoms with Crippen molar-refractivity contribution in [1.29, 1.82) is 0 Å². The molecule has 0 aliphatic rings. The summed E-state index contributed by atoms with van der Waals surface area (Å²) >= 11 is 0. The summed E-state index contributed by atoms with van der Waals surface area (Å²) in [5.41, 5.74) is 3.61. The number of hydrogen-bond donors (Lipinski definition) is 1. The lowest BCUT2D eigenvalue weighted by molar-refractivity contribution is 0.601. The molecular weight excluding hydrogens is 256 g/mol. The molecule has 3 aromatic rings. The highest BCUT2D eigenvalue weighted by Crippen LogP contribution is 2.27. The van der Waals surface area contributed by atoms with Gasteiger partial charge in [-0.2, -0.15) is 0 Å². The second-order valence-electron chi connectivity index (χ2n) is 5.22. The molecule has 0 radical (unpaired) electrons. The van der Waals surface area contributed by atoms with Crippen molar-refractivity contribution in [2.75, 3.05) is 6.54 Å². The summed E-state index contributed by atoms with van der Waals surface area (Å²) in [5, 5.41) is 4.84. The fraction of sp³-hybridized carbons (Fsp3) is 0.211. The van der Waals surface area contributed by atoms with Crippen LogP contribution < -0.4 is 5.32 Å². The van der Waals surface area contributed by atoms with Gasteiger partial charge in [-0.3, -0.25) is 4.98 Å². The molecule has 106 valence electrons. The predicted octanol–water partition coefficient (Wildman–Crippen LogP) is 4.32. The number of nitrogens with one attached hydrogen (secondary N) is 1. The second-order valence-corrected chi connectivity index (χ2v) is 5.22. The molecule has 2 nitrogen and oxygen atoms in total. The Balaban J connectivity index is 2.10. The van der Waals surface area contributed by atoms with Crippen LogP contribution in [0.1, 0.15) is 30.5 Å². The Morgan fingerprint density at radius 1 is 0.952 bits per heavy atom. The summed E-state index contributed by atoms with van der Waals surface area (Å²) in [6.07, 6.45) is 2.98. The molecule has 1 N–H and O–H groups in total. The van der Waals surface area contributed by atoms with Crippen LogP contribution in [0.15, 0.2) is 66.9 Å². The van der Waals surface area contributed by atoms with Crippen LogP contribution in [0.2, 0.25) is 0 Å². The van der Waals surface area contributed by atoms with Crippen LogP contribution in [-0.2, 0) is 0 Å². The molecule has 0 aliphatic heterocycles.